The maximum absolute atomic E-state index is 10.1. The summed E-state index contributed by atoms with van der Waals surface area (Å²) in [5.74, 6) is -0.810. The minimum atomic E-state index is -0.991. The first-order valence-corrected chi connectivity index (χ1v) is 5.09. The van der Waals surface area contributed by atoms with Gasteiger partial charge in [0.2, 0.25) is 0 Å². The van der Waals surface area contributed by atoms with Crippen molar-refractivity contribution in [1.29, 1.82) is 0 Å². The molecule has 0 aromatic heterocycles. The molecule has 1 saturated carbocycles. The van der Waals surface area contributed by atoms with Gasteiger partial charge in [-0.1, -0.05) is 13.3 Å². The second-order valence-corrected chi connectivity index (χ2v) is 4.15. The summed E-state index contributed by atoms with van der Waals surface area (Å²) in [5, 5.41) is 19.1. The highest BCUT2D eigenvalue weighted by molar-refractivity contribution is 4.79. The average molecular weight is 188 g/mol. The SMILES string of the molecule is CC(O)COC1(O)CCCCC1C. The Morgan fingerprint density at radius 2 is 2.23 bits per heavy atom. The van der Waals surface area contributed by atoms with E-state index in [1.807, 2.05) is 6.92 Å². The van der Waals surface area contributed by atoms with Gasteiger partial charge in [0.1, 0.15) is 0 Å². The van der Waals surface area contributed by atoms with Gasteiger partial charge < -0.3 is 14.9 Å². The van der Waals surface area contributed by atoms with Gasteiger partial charge in [-0.15, -0.1) is 0 Å². The molecule has 0 bridgehead atoms. The second-order valence-electron chi connectivity index (χ2n) is 4.15. The van der Waals surface area contributed by atoms with Gasteiger partial charge in [-0.2, -0.15) is 0 Å². The predicted octanol–water partition coefficient (Wildman–Crippen LogP) is 1.28. The van der Waals surface area contributed by atoms with E-state index in [0.717, 1.165) is 12.8 Å². The summed E-state index contributed by atoms with van der Waals surface area (Å²) in [5.41, 5.74) is 0. The fourth-order valence-electron chi connectivity index (χ4n) is 1.78. The van der Waals surface area contributed by atoms with Crippen molar-refractivity contribution in [2.24, 2.45) is 5.92 Å². The van der Waals surface area contributed by atoms with E-state index in [4.69, 9.17) is 9.84 Å². The van der Waals surface area contributed by atoms with Crippen molar-refractivity contribution in [3.8, 4) is 0 Å². The van der Waals surface area contributed by atoms with Gasteiger partial charge in [0.05, 0.1) is 12.7 Å². The van der Waals surface area contributed by atoms with Crippen molar-refractivity contribution in [2.45, 2.75) is 51.4 Å². The van der Waals surface area contributed by atoms with E-state index in [9.17, 15) is 5.11 Å². The monoisotopic (exact) mass is 188 g/mol. The van der Waals surface area contributed by atoms with Gasteiger partial charge in [-0.05, 0) is 19.8 Å². The van der Waals surface area contributed by atoms with Crippen LogP contribution in [0.2, 0.25) is 0 Å². The molecule has 0 saturated heterocycles. The van der Waals surface area contributed by atoms with Gasteiger partial charge in [-0.3, -0.25) is 0 Å². The third-order valence-corrected chi connectivity index (χ3v) is 2.77. The molecule has 0 spiro atoms. The zero-order valence-electron chi connectivity index (χ0n) is 8.49. The van der Waals surface area contributed by atoms with Crippen LogP contribution in [0.4, 0.5) is 0 Å². The molecule has 0 aliphatic heterocycles. The molecular weight excluding hydrogens is 168 g/mol. The quantitative estimate of drug-likeness (QED) is 0.656. The summed E-state index contributed by atoms with van der Waals surface area (Å²) in [6.45, 7) is 3.89. The molecule has 0 heterocycles. The smallest absolute Gasteiger partial charge is 0.168 e. The molecule has 0 radical (unpaired) electrons. The molecular formula is C10H20O3. The van der Waals surface area contributed by atoms with Gasteiger partial charge in [0.25, 0.3) is 0 Å². The normalized spacial score (nSPS) is 37.4. The topological polar surface area (TPSA) is 49.7 Å². The fourth-order valence-corrected chi connectivity index (χ4v) is 1.78. The third-order valence-electron chi connectivity index (χ3n) is 2.77. The highest BCUT2D eigenvalue weighted by Gasteiger charge is 2.37. The van der Waals surface area contributed by atoms with E-state index in [0.29, 0.717) is 6.42 Å². The van der Waals surface area contributed by atoms with E-state index >= 15 is 0 Å². The minimum Gasteiger partial charge on any atom is -0.391 e. The van der Waals surface area contributed by atoms with E-state index in [1.165, 1.54) is 6.42 Å². The Labute approximate surface area is 79.7 Å². The Bertz CT molecular complexity index is 158. The predicted molar refractivity (Wildman–Crippen MR) is 50.2 cm³/mol. The van der Waals surface area contributed by atoms with Gasteiger partial charge in [0.15, 0.2) is 5.79 Å². The van der Waals surface area contributed by atoms with Crippen molar-refractivity contribution in [1.82, 2.24) is 0 Å². The lowest BCUT2D eigenvalue weighted by molar-refractivity contribution is -0.255. The molecule has 2 N–H and O–H groups in total. The summed E-state index contributed by atoms with van der Waals surface area (Å²) in [6.07, 6.45) is 3.39. The molecule has 3 nitrogen and oxygen atoms in total. The fraction of sp³-hybridized carbons (Fsp3) is 1.00. The lowest BCUT2D eigenvalue weighted by Gasteiger charge is -2.38. The van der Waals surface area contributed by atoms with Crippen LogP contribution < -0.4 is 0 Å². The van der Waals surface area contributed by atoms with Gasteiger partial charge >= 0.3 is 0 Å². The molecule has 3 unspecified atom stereocenters. The first-order chi connectivity index (χ1) is 6.04. The van der Waals surface area contributed by atoms with Crippen LogP contribution in [0.15, 0.2) is 0 Å². The van der Waals surface area contributed by atoms with Gasteiger partial charge in [-0.25, -0.2) is 0 Å². The minimum absolute atomic E-state index is 0.181. The van der Waals surface area contributed by atoms with Crippen LogP contribution >= 0.6 is 0 Å². The maximum Gasteiger partial charge on any atom is 0.168 e. The van der Waals surface area contributed by atoms with Crippen LogP contribution in [0.3, 0.4) is 0 Å². The molecule has 1 aliphatic carbocycles. The highest BCUT2D eigenvalue weighted by atomic mass is 16.6. The zero-order valence-corrected chi connectivity index (χ0v) is 8.49. The molecule has 0 aromatic rings. The zero-order chi connectivity index (χ0) is 9.90. The summed E-state index contributed by atoms with van der Waals surface area (Å²) in [7, 11) is 0. The first kappa shape index (κ1) is 11.0. The molecule has 3 heteroatoms. The summed E-state index contributed by atoms with van der Waals surface area (Å²) >= 11 is 0. The second kappa shape index (κ2) is 4.40. The Kier molecular flexibility index (Phi) is 3.71. The number of aliphatic hydroxyl groups excluding tert-OH is 1. The molecule has 0 aromatic carbocycles. The third kappa shape index (κ3) is 2.93. The van der Waals surface area contributed by atoms with E-state index in [1.54, 1.807) is 6.92 Å². The van der Waals surface area contributed by atoms with Crippen molar-refractivity contribution in [3.63, 3.8) is 0 Å². The van der Waals surface area contributed by atoms with Crippen LogP contribution in [-0.2, 0) is 4.74 Å². The van der Waals surface area contributed by atoms with Crippen LogP contribution in [0, 0.1) is 5.92 Å². The lowest BCUT2D eigenvalue weighted by Crippen LogP contribution is -2.43. The van der Waals surface area contributed by atoms with E-state index in [-0.39, 0.29) is 12.5 Å². The van der Waals surface area contributed by atoms with E-state index < -0.39 is 11.9 Å². The highest BCUT2D eigenvalue weighted by Crippen LogP contribution is 2.34. The Balaban J connectivity index is 2.42. The molecule has 3 atom stereocenters. The number of hydrogen-bond acceptors (Lipinski definition) is 3. The molecule has 78 valence electrons. The maximum atomic E-state index is 10.1. The molecule has 1 rings (SSSR count). The molecule has 1 fully saturated rings. The van der Waals surface area contributed by atoms with Gasteiger partial charge in [0, 0.05) is 12.3 Å². The summed E-state index contributed by atoms with van der Waals surface area (Å²) < 4.78 is 5.35. The Morgan fingerprint density at radius 3 is 2.77 bits per heavy atom. The van der Waals surface area contributed by atoms with Crippen molar-refractivity contribution >= 4 is 0 Å². The standard InChI is InChI=1S/C10H20O3/c1-8-5-3-4-6-10(8,12)13-7-9(2)11/h8-9,11-12H,3-7H2,1-2H3. The van der Waals surface area contributed by atoms with Crippen molar-refractivity contribution < 1.29 is 14.9 Å². The largest absolute Gasteiger partial charge is 0.391 e. The average Bonchev–Trinajstić information content (AvgIpc) is 2.07. The number of aliphatic hydroxyl groups is 2. The van der Waals surface area contributed by atoms with Crippen LogP contribution in [0.25, 0.3) is 0 Å². The van der Waals surface area contributed by atoms with Crippen LogP contribution in [0.5, 0.6) is 0 Å². The summed E-state index contributed by atoms with van der Waals surface area (Å²) in [6, 6.07) is 0. The first-order valence-electron chi connectivity index (χ1n) is 5.09. The van der Waals surface area contributed by atoms with Crippen molar-refractivity contribution in [2.75, 3.05) is 6.61 Å². The number of rotatable bonds is 3. The Hall–Kier alpha value is -0.120. The van der Waals surface area contributed by atoms with E-state index in [2.05, 4.69) is 0 Å². The molecule has 1 aliphatic rings. The summed E-state index contributed by atoms with van der Waals surface area (Å²) in [4.78, 5) is 0. The number of ether oxygens (including phenoxy) is 1. The lowest BCUT2D eigenvalue weighted by atomic mass is 9.84. The van der Waals surface area contributed by atoms with Crippen LogP contribution in [-0.4, -0.2) is 28.7 Å². The molecule has 0 amide bonds. The number of hydrogen-bond donors (Lipinski definition) is 2. The van der Waals surface area contributed by atoms with Crippen molar-refractivity contribution in [3.05, 3.63) is 0 Å². The molecule has 13 heavy (non-hydrogen) atoms. The Morgan fingerprint density at radius 1 is 1.54 bits per heavy atom. The van der Waals surface area contributed by atoms with Crippen LogP contribution in [0.1, 0.15) is 39.5 Å².